The molecule has 0 aromatic rings. The summed E-state index contributed by atoms with van der Waals surface area (Å²) in [4.78, 5) is 27.1. The fourth-order valence-corrected chi connectivity index (χ4v) is 2.67. The van der Waals surface area contributed by atoms with Gasteiger partial charge in [-0.25, -0.2) is 4.79 Å². The SMILES string of the molecule is CN1CC(NC(=O)N2CCCCCC2)CCC1=O. The zero-order valence-corrected chi connectivity index (χ0v) is 11.2. The van der Waals surface area contributed by atoms with E-state index in [1.807, 2.05) is 4.90 Å². The largest absolute Gasteiger partial charge is 0.344 e. The highest BCUT2D eigenvalue weighted by atomic mass is 16.2. The van der Waals surface area contributed by atoms with E-state index in [-0.39, 0.29) is 18.0 Å². The van der Waals surface area contributed by atoms with Crippen LogP contribution in [0, 0.1) is 0 Å². The first-order valence-corrected chi connectivity index (χ1v) is 6.96. The maximum Gasteiger partial charge on any atom is 0.317 e. The maximum atomic E-state index is 12.1. The number of carbonyl (C=O) groups excluding carboxylic acids is 2. The molecule has 0 radical (unpaired) electrons. The first-order valence-electron chi connectivity index (χ1n) is 6.96. The second kappa shape index (κ2) is 6.07. The Morgan fingerprint density at radius 1 is 1.22 bits per heavy atom. The topological polar surface area (TPSA) is 52.7 Å². The zero-order chi connectivity index (χ0) is 13.0. The number of urea groups is 1. The summed E-state index contributed by atoms with van der Waals surface area (Å²) in [5.41, 5.74) is 0. The average Bonchev–Trinajstić information content (AvgIpc) is 2.62. The van der Waals surface area contributed by atoms with Gasteiger partial charge in [0.25, 0.3) is 0 Å². The summed E-state index contributed by atoms with van der Waals surface area (Å²) in [6.45, 7) is 2.37. The third kappa shape index (κ3) is 3.37. The molecule has 5 heteroatoms. The predicted octanol–water partition coefficient (Wildman–Crippen LogP) is 1.19. The van der Waals surface area contributed by atoms with Crippen LogP contribution < -0.4 is 5.32 Å². The van der Waals surface area contributed by atoms with Crippen LogP contribution in [-0.2, 0) is 4.79 Å². The molecule has 1 atom stereocenters. The molecule has 18 heavy (non-hydrogen) atoms. The second-order valence-corrected chi connectivity index (χ2v) is 5.36. The van der Waals surface area contributed by atoms with Crippen molar-refractivity contribution in [3.05, 3.63) is 0 Å². The molecule has 1 unspecified atom stereocenters. The molecule has 102 valence electrons. The van der Waals surface area contributed by atoms with Gasteiger partial charge in [-0.3, -0.25) is 4.79 Å². The van der Waals surface area contributed by atoms with Crippen molar-refractivity contribution in [3.63, 3.8) is 0 Å². The van der Waals surface area contributed by atoms with Gasteiger partial charge in [0.05, 0.1) is 0 Å². The lowest BCUT2D eigenvalue weighted by atomic mass is 10.1. The summed E-state index contributed by atoms with van der Waals surface area (Å²) in [5, 5.41) is 3.06. The molecule has 0 bridgehead atoms. The number of amides is 3. The van der Waals surface area contributed by atoms with Gasteiger partial charge in [0.15, 0.2) is 0 Å². The van der Waals surface area contributed by atoms with Crippen molar-refractivity contribution in [1.82, 2.24) is 15.1 Å². The van der Waals surface area contributed by atoms with Crippen molar-refractivity contribution in [3.8, 4) is 0 Å². The van der Waals surface area contributed by atoms with Crippen LogP contribution in [0.5, 0.6) is 0 Å². The number of likely N-dealkylation sites (tertiary alicyclic amines) is 2. The third-order valence-electron chi connectivity index (χ3n) is 3.85. The number of rotatable bonds is 1. The first-order chi connectivity index (χ1) is 8.66. The summed E-state index contributed by atoms with van der Waals surface area (Å²) >= 11 is 0. The Balaban J connectivity index is 1.81. The Morgan fingerprint density at radius 2 is 1.89 bits per heavy atom. The molecular weight excluding hydrogens is 230 g/mol. The van der Waals surface area contributed by atoms with Gasteiger partial charge in [-0.05, 0) is 19.3 Å². The highest BCUT2D eigenvalue weighted by Gasteiger charge is 2.25. The molecule has 0 saturated carbocycles. The van der Waals surface area contributed by atoms with Crippen LogP contribution in [0.1, 0.15) is 38.5 Å². The van der Waals surface area contributed by atoms with Crippen LogP contribution >= 0.6 is 0 Å². The van der Waals surface area contributed by atoms with Gasteiger partial charge >= 0.3 is 6.03 Å². The summed E-state index contributed by atoms with van der Waals surface area (Å²) in [6, 6.07) is 0.160. The normalized spacial score (nSPS) is 25.8. The molecule has 3 amide bonds. The highest BCUT2D eigenvalue weighted by molar-refractivity contribution is 5.78. The maximum absolute atomic E-state index is 12.1. The van der Waals surface area contributed by atoms with Crippen molar-refractivity contribution in [2.75, 3.05) is 26.7 Å². The minimum absolute atomic E-state index is 0.0460. The van der Waals surface area contributed by atoms with Crippen molar-refractivity contribution in [2.24, 2.45) is 0 Å². The molecule has 2 fully saturated rings. The van der Waals surface area contributed by atoms with Crippen molar-refractivity contribution in [2.45, 2.75) is 44.6 Å². The minimum atomic E-state index is 0.0460. The Labute approximate surface area is 108 Å². The third-order valence-corrected chi connectivity index (χ3v) is 3.85. The van der Waals surface area contributed by atoms with Crippen molar-refractivity contribution in [1.29, 1.82) is 0 Å². The van der Waals surface area contributed by atoms with Gasteiger partial charge in [0, 0.05) is 39.1 Å². The van der Waals surface area contributed by atoms with E-state index in [1.165, 1.54) is 12.8 Å². The zero-order valence-electron chi connectivity index (χ0n) is 11.2. The van der Waals surface area contributed by atoms with Crippen LogP contribution in [0.15, 0.2) is 0 Å². The van der Waals surface area contributed by atoms with Gasteiger partial charge in [0.1, 0.15) is 0 Å². The van der Waals surface area contributed by atoms with Crippen LogP contribution in [0.25, 0.3) is 0 Å². The minimum Gasteiger partial charge on any atom is -0.344 e. The Kier molecular flexibility index (Phi) is 4.44. The fourth-order valence-electron chi connectivity index (χ4n) is 2.67. The molecule has 2 aliphatic rings. The lowest BCUT2D eigenvalue weighted by molar-refractivity contribution is -0.132. The molecule has 2 heterocycles. The first kappa shape index (κ1) is 13.2. The number of likely N-dealkylation sites (N-methyl/N-ethyl adjacent to an activating group) is 1. The Bertz CT molecular complexity index is 311. The second-order valence-electron chi connectivity index (χ2n) is 5.36. The molecule has 0 aliphatic carbocycles. The van der Waals surface area contributed by atoms with Crippen molar-refractivity contribution < 1.29 is 9.59 Å². The van der Waals surface area contributed by atoms with E-state index in [0.717, 1.165) is 32.4 Å². The average molecular weight is 253 g/mol. The van der Waals surface area contributed by atoms with E-state index < -0.39 is 0 Å². The molecule has 2 aliphatic heterocycles. The quantitative estimate of drug-likeness (QED) is 0.763. The van der Waals surface area contributed by atoms with Gasteiger partial charge in [-0.2, -0.15) is 0 Å². The summed E-state index contributed by atoms with van der Waals surface area (Å²) in [6.07, 6.45) is 5.98. The predicted molar refractivity (Wildman–Crippen MR) is 69.2 cm³/mol. The molecule has 0 aromatic carbocycles. The fraction of sp³-hybridized carbons (Fsp3) is 0.846. The molecular formula is C13H23N3O2. The number of nitrogens with zero attached hydrogens (tertiary/aromatic N) is 2. The van der Waals surface area contributed by atoms with E-state index in [2.05, 4.69) is 5.32 Å². The Morgan fingerprint density at radius 3 is 2.50 bits per heavy atom. The standard InChI is InChI=1S/C13H23N3O2/c1-15-10-11(6-7-12(15)17)14-13(18)16-8-4-2-3-5-9-16/h11H,2-10H2,1H3,(H,14,18). The lowest BCUT2D eigenvalue weighted by Crippen LogP contribution is -2.52. The Hall–Kier alpha value is -1.26. The number of nitrogens with one attached hydrogen (secondary N) is 1. The van der Waals surface area contributed by atoms with Crippen LogP contribution in [0.3, 0.4) is 0 Å². The molecule has 0 spiro atoms. The molecule has 1 N–H and O–H groups in total. The highest BCUT2D eigenvalue weighted by Crippen LogP contribution is 2.12. The van der Waals surface area contributed by atoms with E-state index >= 15 is 0 Å². The van der Waals surface area contributed by atoms with E-state index in [1.54, 1.807) is 11.9 Å². The summed E-state index contributed by atoms with van der Waals surface area (Å²) < 4.78 is 0. The van der Waals surface area contributed by atoms with Gasteiger partial charge in [-0.15, -0.1) is 0 Å². The number of hydrogen-bond acceptors (Lipinski definition) is 2. The molecule has 0 aromatic heterocycles. The van der Waals surface area contributed by atoms with Gasteiger partial charge in [0.2, 0.25) is 5.91 Å². The van der Waals surface area contributed by atoms with Gasteiger partial charge < -0.3 is 15.1 Å². The summed E-state index contributed by atoms with van der Waals surface area (Å²) in [7, 11) is 1.80. The van der Waals surface area contributed by atoms with E-state index in [9.17, 15) is 9.59 Å². The van der Waals surface area contributed by atoms with E-state index in [0.29, 0.717) is 13.0 Å². The molecule has 2 rings (SSSR count). The van der Waals surface area contributed by atoms with Gasteiger partial charge in [-0.1, -0.05) is 12.8 Å². The number of hydrogen-bond donors (Lipinski definition) is 1. The van der Waals surface area contributed by atoms with Crippen LogP contribution in [0.2, 0.25) is 0 Å². The smallest absolute Gasteiger partial charge is 0.317 e. The monoisotopic (exact) mass is 253 g/mol. The molecule has 5 nitrogen and oxygen atoms in total. The molecule has 2 saturated heterocycles. The van der Waals surface area contributed by atoms with E-state index in [4.69, 9.17) is 0 Å². The number of piperidine rings is 1. The van der Waals surface area contributed by atoms with Crippen LogP contribution in [-0.4, -0.2) is 54.5 Å². The lowest BCUT2D eigenvalue weighted by Gasteiger charge is -2.32. The summed E-state index contributed by atoms with van der Waals surface area (Å²) in [5.74, 6) is 0.176. The number of carbonyl (C=O) groups is 2. The van der Waals surface area contributed by atoms with Crippen LogP contribution in [0.4, 0.5) is 4.79 Å². The van der Waals surface area contributed by atoms with Crippen molar-refractivity contribution >= 4 is 11.9 Å².